The molecule has 0 saturated heterocycles. The number of carbonyl (C=O) groups is 1. The molecule has 0 heterocycles. The van der Waals surface area contributed by atoms with Crippen LogP contribution in [-0.2, 0) is 4.79 Å². The second kappa shape index (κ2) is 2.64. The summed E-state index contributed by atoms with van der Waals surface area (Å²) in [5, 5.41) is 11.7. The molecular weight excluding hydrogens is 142 g/mol. The van der Waals surface area contributed by atoms with E-state index in [2.05, 4.69) is 5.16 Å². The predicted molar refractivity (Wildman–Crippen MR) is 41.9 cm³/mol. The van der Waals surface area contributed by atoms with Gasteiger partial charge in [-0.05, 0) is 26.7 Å². The minimum atomic E-state index is -0.535. The van der Waals surface area contributed by atoms with Crippen LogP contribution in [0, 0.1) is 5.41 Å². The first-order valence-corrected chi connectivity index (χ1v) is 3.83. The summed E-state index contributed by atoms with van der Waals surface area (Å²) in [5.41, 5.74) is 0.0845. The molecule has 0 bridgehead atoms. The number of hydrogen-bond donors (Lipinski definition) is 1. The molecule has 0 spiro atoms. The highest BCUT2D eigenvalue weighted by Gasteiger charge is 2.36. The molecule has 0 radical (unpaired) electrons. The van der Waals surface area contributed by atoms with Crippen LogP contribution < -0.4 is 0 Å². The topological polar surface area (TPSA) is 49.7 Å². The van der Waals surface area contributed by atoms with Gasteiger partial charge >= 0.3 is 0 Å². The molecule has 3 heteroatoms. The van der Waals surface area contributed by atoms with Crippen molar-refractivity contribution in [3.05, 3.63) is 0 Å². The van der Waals surface area contributed by atoms with Crippen molar-refractivity contribution in [1.82, 2.24) is 0 Å². The van der Waals surface area contributed by atoms with Crippen molar-refractivity contribution in [2.24, 2.45) is 10.6 Å². The molecule has 0 aromatic rings. The van der Waals surface area contributed by atoms with Crippen LogP contribution in [0.25, 0.3) is 0 Å². The van der Waals surface area contributed by atoms with E-state index in [1.807, 2.05) is 13.8 Å². The molecule has 0 aromatic carbocycles. The molecular formula is C8H13NO2. The number of ketones is 1. The Hall–Kier alpha value is -0.860. The van der Waals surface area contributed by atoms with E-state index in [0.29, 0.717) is 12.1 Å². The Balaban J connectivity index is 2.91. The van der Waals surface area contributed by atoms with Crippen LogP contribution in [0.2, 0.25) is 0 Å². The first kappa shape index (κ1) is 8.24. The van der Waals surface area contributed by atoms with E-state index in [0.717, 1.165) is 12.8 Å². The maximum Gasteiger partial charge on any atom is 0.144 e. The lowest BCUT2D eigenvalue weighted by atomic mass is 9.75. The number of nitrogens with zero attached hydrogens (tertiary/aromatic N) is 1. The van der Waals surface area contributed by atoms with E-state index in [4.69, 9.17) is 5.21 Å². The Morgan fingerprint density at radius 3 is 2.55 bits per heavy atom. The maximum atomic E-state index is 11.3. The van der Waals surface area contributed by atoms with Gasteiger partial charge in [0.05, 0.1) is 11.1 Å². The largest absolute Gasteiger partial charge is 0.411 e. The monoisotopic (exact) mass is 155 g/mol. The molecule has 1 aliphatic rings. The van der Waals surface area contributed by atoms with Gasteiger partial charge in [-0.15, -0.1) is 0 Å². The van der Waals surface area contributed by atoms with E-state index in [-0.39, 0.29) is 5.78 Å². The molecule has 0 aromatic heterocycles. The molecule has 1 saturated carbocycles. The summed E-state index contributed by atoms with van der Waals surface area (Å²) >= 11 is 0. The number of carbonyl (C=O) groups excluding carboxylic acids is 1. The quantitative estimate of drug-likeness (QED) is 0.426. The van der Waals surface area contributed by atoms with Crippen LogP contribution in [0.4, 0.5) is 0 Å². The number of hydrogen-bond acceptors (Lipinski definition) is 3. The molecule has 0 aliphatic heterocycles. The predicted octanol–water partition coefficient (Wildman–Crippen LogP) is 1.60. The van der Waals surface area contributed by atoms with Gasteiger partial charge in [0.25, 0.3) is 0 Å². The maximum absolute atomic E-state index is 11.3. The summed E-state index contributed by atoms with van der Waals surface area (Å²) in [5.74, 6) is 0.177. The Bertz CT molecular complexity index is 206. The normalized spacial score (nSPS) is 27.5. The Morgan fingerprint density at radius 1 is 1.45 bits per heavy atom. The lowest BCUT2D eigenvalue weighted by Gasteiger charge is -2.28. The van der Waals surface area contributed by atoms with Crippen LogP contribution in [0.3, 0.4) is 0 Å². The molecule has 1 aliphatic carbocycles. The molecule has 1 N–H and O–H groups in total. The molecule has 0 atom stereocenters. The average molecular weight is 155 g/mol. The standard InChI is InChI=1S/C8H13NO2/c1-8(2)6(9-11)4-3-5-7(8)10/h11H,3-5H2,1-2H3. The molecule has 0 unspecified atom stereocenters. The summed E-state index contributed by atoms with van der Waals surface area (Å²) in [6.45, 7) is 3.62. The van der Waals surface area contributed by atoms with E-state index in [1.54, 1.807) is 0 Å². The molecule has 3 nitrogen and oxygen atoms in total. The van der Waals surface area contributed by atoms with Crippen LogP contribution in [0.1, 0.15) is 33.1 Å². The first-order chi connectivity index (χ1) is 5.09. The van der Waals surface area contributed by atoms with Crippen molar-refractivity contribution >= 4 is 11.5 Å². The van der Waals surface area contributed by atoms with Gasteiger partial charge in [0, 0.05) is 6.42 Å². The fourth-order valence-electron chi connectivity index (χ4n) is 1.38. The van der Waals surface area contributed by atoms with Crippen molar-refractivity contribution in [1.29, 1.82) is 0 Å². The minimum Gasteiger partial charge on any atom is -0.411 e. The van der Waals surface area contributed by atoms with E-state index in [1.165, 1.54) is 0 Å². The van der Waals surface area contributed by atoms with Crippen LogP contribution in [-0.4, -0.2) is 16.7 Å². The van der Waals surface area contributed by atoms with Crippen LogP contribution in [0.5, 0.6) is 0 Å². The highest BCUT2D eigenvalue weighted by molar-refractivity contribution is 6.10. The summed E-state index contributed by atoms with van der Waals surface area (Å²) < 4.78 is 0. The van der Waals surface area contributed by atoms with E-state index >= 15 is 0 Å². The van der Waals surface area contributed by atoms with Crippen molar-refractivity contribution in [2.45, 2.75) is 33.1 Å². The third-order valence-electron chi connectivity index (χ3n) is 2.36. The fraction of sp³-hybridized carbons (Fsp3) is 0.750. The van der Waals surface area contributed by atoms with Gasteiger partial charge in [-0.1, -0.05) is 5.16 Å². The van der Waals surface area contributed by atoms with Gasteiger partial charge < -0.3 is 5.21 Å². The summed E-state index contributed by atoms with van der Waals surface area (Å²) in [4.78, 5) is 11.3. The van der Waals surface area contributed by atoms with Crippen LogP contribution >= 0.6 is 0 Å². The Kier molecular flexibility index (Phi) is 1.98. The van der Waals surface area contributed by atoms with Crippen molar-refractivity contribution in [2.75, 3.05) is 0 Å². The second-order valence-corrected chi connectivity index (χ2v) is 3.45. The molecule has 11 heavy (non-hydrogen) atoms. The van der Waals surface area contributed by atoms with Gasteiger partial charge in [0.2, 0.25) is 0 Å². The van der Waals surface area contributed by atoms with E-state index in [9.17, 15) is 4.79 Å². The molecule has 62 valence electrons. The summed E-state index contributed by atoms with van der Waals surface area (Å²) in [6, 6.07) is 0. The fourth-order valence-corrected chi connectivity index (χ4v) is 1.38. The highest BCUT2D eigenvalue weighted by Crippen LogP contribution is 2.29. The smallest absolute Gasteiger partial charge is 0.144 e. The zero-order valence-electron chi connectivity index (χ0n) is 6.92. The second-order valence-electron chi connectivity index (χ2n) is 3.45. The zero-order valence-corrected chi connectivity index (χ0v) is 6.92. The molecule has 1 rings (SSSR count). The number of rotatable bonds is 0. The molecule has 1 fully saturated rings. The van der Waals surface area contributed by atoms with Crippen molar-refractivity contribution in [3.63, 3.8) is 0 Å². The number of Topliss-reactive ketones (excluding diaryl/α,β-unsaturated/α-hetero) is 1. The third kappa shape index (κ3) is 1.27. The Morgan fingerprint density at radius 2 is 2.09 bits per heavy atom. The zero-order chi connectivity index (χ0) is 8.48. The molecule has 0 amide bonds. The third-order valence-corrected chi connectivity index (χ3v) is 2.36. The lowest BCUT2D eigenvalue weighted by Crippen LogP contribution is -2.37. The highest BCUT2D eigenvalue weighted by atomic mass is 16.4. The van der Waals surface area contributed by atoms with E-state index < -0.39 is 5.41 Å². The van der Waals surface area contributed by atoms with Gasteiger partial charge in [-0.25, -0.2) is 0 Å². The summed E-state index contributed by atoms with van der Waals surface area (Å²) in [6.07, 6.45) is 2.18. The lowest BCUT2D eigenvalue weighted by molar-refractivity contribution is -0.124. The SMILES string of the molecule is CC1(C)C(=O)CCCC1=NO. The first-order valence-electron chi connectivity index (χ1n) is 3.83. The van der Waals surface area contributed by atoms with Crippen molar-refractivity contribution in [3.8, 4) is 0 Å². The van der Waals surface area contributed by atoms with Crippen molar-refractivity contribution < 1.29 is 10.0 Å². The number of oxime groups is 1. The van der Waals surface area contributed by atoms with Gasteiger partial charge in [-0.2, -0.15) is 0 Å². The van der Waals surface area contributed by atoms with Gasteiger partial charge in [0.1, 0.15) is 5.78 Å². The Labute approximate surface area is 66.1 Å². The summed E-state index contributed by atoms with van der Waals surface area (Å²) in [7, 11) is 0. The van der Waals surface area contributed by atoms with Gasteiger partial charge in [-0.3, -0.25) is 4.79 Å². The van der Waals surface area contributed by atoms with Gasteiger partial charge in [0.15, 0.2) is 0 Å². The average Bonchev–Trinajstić information content (AvgIpc) is 1.95. The van der Waals surface area contributed by atoms with Crippen LogP contribution in [0.15, 0.2) is 5.16 Å². The minimum absolute atomic E-state index is 0.177.